The maximum atomic E-state index is 13.6. The molecule has 19 heavy (non-hydrogen) atoms. The Balaban J connectivity index is 1.94. The number of rotatable bonds is 5. The van der Waals surface area contributed by atoms with Crippen molar-refractivity contribution < 1.29 is 8.78 Å². The quantitative estimate of drug-likeness (QED) is 0.883. The van der Waals surface area contributed by atoms with Crippen molar-refractivity contribution in [2.75, 3.05) is 26.2 Å². The fraction of sp³-hybridized carbons (Fsp3) is 0.600. The van der Waals surface area contributed by atoms with Crippen LogP contribution in [0.1, 0.15) is 25.3 Å². The monoisotopic (exact) mass is 268 g/mol. The van der Waals surface area contributed by atoms with E-state index in [9.17, 15) is 8.78 Å². The molecule has 0 amide bonds. The van der Waals surface area contributed by atoms with E-state index in [4.69, 9.17) is 0 Å². The van der Waals surface area contributed by atoms with Gasteiger partial charge in [0.05, 0.1) is 0 Å². The maximum absolute atomic E-state index is 13.6. The van der Waals surface area contributed by atoms with Crippen molar-refractivity contribution >= 4 is 0 Å². The Morgan fingerprint density at radius 3 is 2.84 bits per heavy atom. The van der Waals surface area contributed by atoms with Crippen LogP contribution in [0.5, 0.6) is 0 Å². The van der Waals surface area contributed by atoms with Gasteiger partial charge in [0.15, 0.2) is 0 Å². The Morgan fingerprint density at radius 2 is 2.21 bits per heavy atom. The number of hydrogen-bond donors (Lipinski definition) is 1. The molecule has 1 heterocycles. The first kappa shape index (κ1) is 14.4. The van der Waals surface area contributed by atoms with Crippen LogP contribution >= 0.6 is 0 Å². The van der Waals surface area contributed by atoms with E-state index in [-0.39, 0.29) is 0 Å². The summed E-state index contributed by atoms with van der Waals surface area (Å²) in [7, 11) is 0. The van der Waals surface area contributed by atoms with Gasteiger partial charge < -0.3 is 5.32 Å². The molecule has 106 valence electrons. The van der Waals surface area contributed by atoms with Crippen LogP contribution in [0.4, 0.5) is 8.78 Å². The van der Waals surface area contributed by atoms with Crippen LogP contribution in [0.25, 0.3) is 0 Å². The number of halogens is 2. The third-order valence-electron chi connectivity index (χ3n) is 3.77. The lowest BCUT2D eigenvalue weighted by atomic mass is 9.99. The van der Waals surface area contributed by atoms with Crippen molar-refractivity contribution in [3.63, 3.8) is 0 Å². The van der Waals surface area contributed by atoms with Crippen LogP contribution < -0.4 is 5.32 Å². The highest BCUT2D eigenvalue weighted by molar-refractivity contribution is 5.18. The summed E-state index contributed by atoms with van der Waals surface area (Å²) in [6.07, 6.45) is 2.45. The minimum absolute atomic E-state index is 0.444. The average Bonchev–Trinajstić information content (AvgIpc) is 2.42. The van der Waals surface area contributed by atoms with Gasteiger partial charge in [-0.3, -0.25) is 4.90 Å². The zero-order chi connectivity index (χ0) is 13.7. The third kappa shape index (κ3) is 4.25. The molecule has 0 aliphatic carbocycles. The largest absolute Gasteiger partial charge is 0.316 e. The second-order valence-electron chi connectivity index (χ2n) is 5.28. The second-order valence-corrected chi connectivity index (χ2v) is 5.28. The SMILES string of the molecule is CCN(Cc1ccc(F)cc1F)CC1CCCNC1. The van der Waals surface area contributed by atoms with Gasteiger partial charge in [-0.1, -0.05) is 13.0 Å². The fourth-order valence-electron chi connectivity index (χ4n) is 2.64. The van der Waals surface area contributed by atoms with Gasteiger partial charge in [0.1, 0.15) is 11.6 Å². The standard InChI is InChI=1S/C15H22F2N2/c1-2-19(10-12-4-3-7-18-9-12)11-13-5-6-14(16)8-15(13)17/h5-6,8,12,18H,2-4,7,9-11H2,1H3. The molecule has 1 atom stereocenters. The molecule has 1 unspecified atom stereocenters. The highest BCUT2D eigenvalue weighted by Crippen LogP contribution is 2.16. The van der Waals surface area contributed by atoms with E-state index in [1.807, 2.05) is 0 Å². The third-order valence-corrected chi connectivity index (χ3v) is 3.77. The summed E-state index contributed by atoms with van der Waals surface area (Å²) >= 11 is 0. The smallest absolute Gasteiger partial charge is 0.130 e. The first-order valence-electron chi connectivity index (χ1n) is 7.06. The van der Waals surface area contributed by atoms with Gasteiger partial charge in [0.25, 0.3) is 0 Å². The number of nitrogens with zero attached hydrogens (tertiary/aromatic N) is 1. The summed E-state index contributed by atoms with van der Waals surface area (Å²) < 4.78 is 26.5. The summed E-state index contributed by atoms with van der Waals surface area (Å²) in [4.78, 5) is 2.23. The number of piperidine rings is 1. The minimum atomic E-state index is -0.513. The summed E-state index contributed by atoms with van der Waals surface area (Å²) in [6, 6.07) is 3.84. The predicted molar refractivity (Wildman–Crippen MR) is 72.9 cm³/mol. The van der Waals surface area contributed by atoms with Crippen LogP contribution in [-0.4, -0.2) is 31.1 Å². The van der Waals surface area contributed by atoms with Crippen LogP contribution in [0.15, 0.2) is 18.2 Å². The van der Waals surface area contributed by atoms with E-state index in [2.05, 4.69) is 17.1 Å². The van der Waals surface area contributed by atoms with E-state index < -0.39 is 11.6 Å². The zero-order valence-corrected chi connectivity index (χ0v) is 11.5. The molecule has 1 aromatic rings. The Hall–Kier alpha value is -1.00. The van der Waals surface area contributed by atoms with E-state index in [1.54, 1.807) is 6.07 Å². The Kier molecular flexibility index (Phi) is 5.28. The van der Waals surface area contributed by atoms with E-state index in [1.165, 1.54) is 18.9 Å². The molecule has 1 aromatic carbocycles. The first-order valence-corrected chi connectivity index (χ1v) is 7.06. The molecular weight excluding hydrogens is 246 g/mol. The molecule has 4 heteroatoms. The van der Waals surface area contributed by atoms with Gasteiger partial charge in [0.2, 0.25) is 0 Å². The van der Waals surface area contributed by atoms with Crippen molar-refractivity contribution in [2.45, 2.75) is 26.3 Å². The summed E-state index contributed by atoms with van der Waals surface area (Å²) in [5, 5.41) is 3.40. The van der Waals surface area contributed by atoms with Crippen LogP contribution in [0, 0.1) is 17.6 Å². The highest BCUT2D eigenvalue weighted by atomic mass is 19.1. The molecule has 0 bridgehead atoms. The summed E-state index contributed by atoms with van der Waals surface area (Å²) in [6.45, 7) is 6.64. The van der Waals surface area contributed by atoms with Gasteiger partial charge in [0, 0.05) is 24.7 Å². The van der Waals surface area contributed by atoms with Gasteiger partial charge in [-0.2, -0.15) is 0 Å². The molecule has 0 radical (unpaired) electrons. The Labute approximate surface area is 113 Å². The summed E-state index contributed by atoms with van der Waals surface area (Å²) in [5.41, 5.74) is 0.576. The van der Waals surface area contributed by atoms with Gasteiger partial charge in [-0.15, -0.1) is 0 Å². The highest BCUT2D eigenvalue weighted by Gasteiger charge is 2.17. The Morgan fingerprint density at radius 1 is 1.37 bits per heavy atom. The van der Waals surface area contributed by atoms with Crippen molar-refractivity contribution in [3.8, 4) is 0 Å². The van der Waals surface area contributed by atoms with Crippen molar-refractivity contribution in [1.82, 2.24) is 10.2 Å². The summed E-state index contributed by atoms with van der Waals surface area (Å²) in [5.74, 6) is -0.321. The molecule has 1 saturated heterocycles. The van der Waals surface area contributed by atoms with Crippen LogP contribution in [0.2, 0.25) is 0 Å². The second kappa shape index (κ2) is 6.96. The molecular formula is C15H22F2N2. The van der Waals surface area contributed by atoms with Gasteiger partial charge in [-0.05, 0) is 44.5 Å². The van der Waals surface area contributed by atoms with Crippen molar-refractivity contribution in [3.05, 3.63) is 35.4 Å². The number of nitrogens with one attached hydrogen (secondary N) is 1. The zero-order valence-electron chi connectivity index (χ0n) is 11.5. The first-order chi connectivity index (χ1) is 9.19. The number of benzene rings is 1. The lowest BCUT2D eigenvalue weighted by Crippen LogP contribution is -2.38. The number of hydrogen-bond acceptors (Lipinski definition) is 2. The van der Waals surface area contributed by atoms with Crippen molar-refractivity contribution in [2.24, 2.45) is 5.92 Å². The van der Waals surface area contributed by atoms with E-state index in [0.717, 1.165) is 32.2 Å². The van der Waals surface area contributed by atoms with Gasteiger partial charge in [-0.25, -0.2) is 8.78 Å². The average molecular weight is 268 g/mol. The molecule has 1 N–H and O–H groups in total. The van der Waals surface area contributed by atoms with Crippen LogP contribution in [0.3, 0.4) is 0 Å². The lowest BCUT2D eigenvalue weighted by molar-refractivity contribution is 0.207. The maximum Gasteiger partial charge on any atom is 0.130 e. The molecule has 1 aliphatic rings. The molecule has 0 spiro atoms. The molecule has 1 aliphatic heterocycles. The van der Waals surface area contributed by atoms with Gasteiger partial charge >= 0.3 is 0 Å². The molecule has 1 fully saturated rings. The fourth-order valence-corrected chi connectivity index (χ4v) is 2.64. The van der Waals surface area contributed by atoms with Crippen molar-refractivity contribution in [1.29, 1.82) is 0 Å². The minimum Gasteiger partial charge on any atom is -0.316 e. The topological polar surface area (TPSA) is 15.3 Å². The predicted octanol–water partition coefficient (Wildman–Crippen LogP) is 2.79. The molecule has 0 aromatic heterocycles. The molecule has 0 saturated carbocycles. The van der Waals surface area contributed by atoms with E-state index >= 15 is 0 Å². The molecule has 2 rings (SSSR count). The van der Waals surface area contributed by atoms with Crippen LogP contribution in [-0.2, 0) is 6.54 Å². The molecule has 2 nitrogen and oxygen atoms in total. The Bertz CT molecular complexity index is 403. The normalized spacial score (nSPS) is 19.9. The lowest BCUT2D eigenvalue weighted by Gasteiger charge is -2.29. The van der Waals surface area contributed by atoms with E-state index in [0.29, 0.717) is 18.0 Å².